The summed E-state index contributed by atoms with van der Waals surface area (Å²) >= 11 is 0. The number of aromatic nitrogens is 1. The fourth-order valence-corrected chi connectivity index (χ4v) is 4.29. The van der Waals surface area contributed by atoms with Crippen molar-refractivity contribution in [1.82, 2.24) is 4.98 Å². The van der Waals surface area contributed by atoms with Crippen LogP contribution in [-0.4, -0.2) is 16.7 Å². The van der Waals surface area contributed by atoms with Crippen LogP contribution in [0.5, 0.6) is 11.5 Å². The molecule has 35 heavy (non-hydrogen) atoms. The van der Waals surface area contributed by atoms with Crippen molar-refractivity contribution < 1.29 is 9.84 Å². The Morgan fingerprint density at radius 2 is 1.40 bits per heavy atom. The molecular formula is C30H41N3O2. The summed E-state index contributed by atoms with van der Waals surface area (Å²) in [4.78, 5) is 4.16. The van der Waals surface area contributed by atoms with Crippen LogP contribution in [0.2, 0.25) is 0 Å². The standard InChI is InChI=1S/C30H41N3O2/c1-2-3-4-5-6-7-8-9-10-11-12-13-16-23-35-26-20-18-25-19-21-28(34)30(27(25)24-26)33-32-29-17-14-15-22-31-29/h14-15,17-22,24,34H,2-13,16,23H2,1H3. The van der Waals surface area contributed by atoms with Crippen molar-refractivity contribution >= 4 is 22.3 Å². The van der Waals surface area contributed by atoms with Gasteiger partial charge in [-0.3, -0.25) is 0 Å². The lowest BCUT2D eigenvalue weighted by atomic mass is 10.0. The smallest absolute Gasteiger partial charge is 0.174 e. The number of benzene rings is 2. The molecule has 1 aromatic heterocycles. The van der Waals surface area contributed by atoms with E-state index in [1.165, 1.54) is 77.0 Å². The largest absolute Gasteiger partial charge is 0.506 e. The number of rotatable bonds is 17. The Labute approximate surface area is 210 Å². The molecule has 188 valence electrons. The second kappa shape index (κ2) is 15.9. The Hall–Kier alpha value is -2.95. The van der Waals surface area contributed by atoms with Gasteiger partial charge in [0.15, 0.2) is 5.82 Å². The third-order valence-electron chi connectivity index (χ3n) is 6.36. The minimum absolute atomic E-state index is 0.0887. The number of pyridine rings is 1. The highest BCUT2D eigenvalue weighted by molar-refractivity contribution is 5.96. The van der Waals surface area contributed by atoms with Crippen LogP contribution in [-0.2, 0) is 0 Å². The zero-order valence-electron chi connectivity index (χ0n) is 21.3. The van der Waals surface area contributed by atoms with E-state index in [4.69, 9.17) is 4.74 Å². The van der Waals surface area contributed by atoms with Gasteiger partial charge in [0, 0.05) is 11.6 Å². The third kappa shape index (κ3) is 9.67. The van der Waals surface area contributed by atoms with Crippen molar-refractivity contribution in [2.75, 3.05) is 6.61 Å². The first-order valence-corrected chi connectivity index (χ1v) is 13.5. The number of hydrogen-bond donors (Lipinski definition) is 1. The number of phenolic OH excluding ortho intramolecular Hbond substituents is 1. The maximum Gasteiger partial charge on any atom is 0.174 e. The summed E-state index contributed by atoms with van der Waals surface area (Å²) in [5.74, 6) is 1.38. The van der Waals surface area contributed by atoms with Crippen molar-refractivity contribution in [3.8, 4) is 11.5 Å². The molecule has 0 aliphatic rings. The molecule has 0 saturated heterocycles. The van der Waals surface area contributed by atoms with Crippen molar-refractivity contribution in [2.24, 2.45) is 10.2 Å². The second-order valence-corrected chi connectivity index (χ2v) is 9.30. The molecule has 2 aromatic carbocycles. The first kappa shape index (κ1) is 26.7. The van der Waals surface area contributed by atoms with Crippen molar-refractivity contribution in [3.63, 3.8) is 0 Å². The van der Waals surface area contributed by atoms with Crippen LogP contribution in [0.3, 0.4) is 0 Å². The van der Waals surface area contributed by atoms with Gasteiger partial charge in [0.1, 0.15) is 17.2 Å². The predicted molar refractivity (Wildman–Crippen MR) is 145 cm³/mol. The molecule has 3 aromatic rings. The van der Waals surface area contributed by atoms with Crippen LogP contribution in [0, 0.1) is 0 Å². The van der Waals surface area contributed by atoms with Gasteiger partial charge < -0.3 is 9.84 Å². The molecule has 1 heterocycles. The normalized spacial score (nSPS) is 11.5. The summed E-state index contributed by atoms with van der Waals surface area (Å²) in [5.41, 5.74) is 0.430. The van der Waals surface area contributed by atoms with Crippen molar-refractivity contribution in [1.29, 1.82) is 0 Å². The summed E-state index contributed by atoms with van der Waals surface area (Å²) in [7, 11) is 0. The highest BCUT2D eigenvalue weighted by atomic mass is 16.5. The van der Waals surface area contributed by atoms with E-state index in [1.54, 1.807) is 18.3 Å². The van der Waals surface area contributed by atoms with E-state index in [9.17, 15) is 5.11 Å². The van der Waals surface area contributed by atoms with Gasteiger partial charge >= 0.3 is 0 Å². The zero-order chi connectivity index (χ0) is 24.6. The minimum Gasteiger partial charge on any atom is -0.506 e. The molecular weight excluding hydrogens is 434 g/mol. The van der Waals surface area contributed by atoms with Gasteiger partial charge in [0.2, 0.25) is 0 Å². The van der Waals surface area contributed by atoms with Gasteiger partial charge in [-0.05, 0) is 42.1 Å². The number of unbranched alkanes of at least 4 members (excludes halogenated alkanes) is 12. The molecule has 1 N–H and O–H groups in total. The molecule has 0 unspecified atom stereocenters. The van der Waals surface area contributed by atoms with Gasteiger partial charge in [0.25, 0.3) is 0 Å². The lowest BCUT2D eigenvalue weighted by Gasteiger charge is -2.09. The maximum atomic E-state index is 10.4. The topological polar surface area (TPSA) is 67.1 Å². The molecule has 0 amide bonds. The van der Waals surface area contributed by atoms with Gasteiger partial charge in [-0.25, -0.2) is 4.98 Å². The summed E-state index contributed by atoms with van der Waals surface area (Å²) < 4.78 is 6.01. The van der Waals surface area contributed by atoms with Crippen molar-refractivity contribution in [2.45, 2.75) is 90.4 Å². The van der Waals surface area contributed by atoms with Crippen molar-refractivity contribution in [3.05, 3.63) is 54.7 Å². The molecule has 3 rings (SSSR count). The van der Waals surface area contributed by atoms with Crippen LogP contribution in [0.25, 0.3) is 10.8 Å². The van der Waals surface area contributed by atoms with E-state index < -0.39 is 0 Å². The number of ether oxygens (including phenoxy) is 1. The predicted octanol–water partition coefficient (Wildman–Crippen LogP) is 9.83. The monoisotopic (exact) mass is 475 g/mol. The average Bonchev–Trinajstić information content (AvgIpc) is 2.89. The molecule has 0 aliphatic carbocycles. The maximum absolute atomic E-state index is 10.4. The van der Waals surface area contributed by atoms with Gasteiger partial charge in [-0.15, -0.1) is 10.2 Å². The molecule has 0 bridgehead atoms. The molecule has 0 fully saturated rings. The Bertz CT molecular complexity index is 1020. The summed E-state index contributed by atoms with van der Waals surface area (Å²) in [5, 5.41) is 20.6. The number of phenols is 1. The number of azo groups is 1. The number of hydrogen-bond acceptors (Lipinski definition) is 5. The van der Waals surface area contributed by atoms with Crippen LogP contribution in [0.1, 0.15) is 90.4 Å². The summed E-state index contributed by atoms with van der Waals surface area (Å²) in [6, 6.07) is 14.9. The molecule has 0 saturated carbocycles. The SMILES string of the molecule is CCCCCCCCCCCCCCCOc1ccc2ccc(O)c(N=Nc3ccccn3)c2c1. The Kier molecular flexibility index (Phi) is 12.1. The van der Waals surface area contributed by atoms with Gasteiger partial charge in [-0.1, -0.05) is 102 Å². The highest BCUT2D eigenvalue weighted by Crippen LogP contribution is 2.37. The number of nitrogens with zero attached hydrogens (tertiary/aromatic N) is 3. The van der Waals surface area contributed by atoms with Crippen LogP contribution in [0.4, 0.5) is 11.5 Å². The first-order chi connectivity index (χ1) is 17.3. The molecule has 5 heteroatoms. The van der Waals surface area contributed by atoms with E-state index >= 15 is 0 Å². The lowest BCUT2D eigenvalue weighted by Crippen LogP contribution is -1.97. The second-order valence-electron chi connectivity index (χ2n) is 9.30. The first-order valence-electron chi connectivity index (χ1n) is 13.5. The fourth-order valence-electron chi connectivity index (χ4n) is 4.29. The van der Waals surface area contributed by atoms with Gasteiger partial charge in [0.05, 0.1) is 6.61 Å². The summed E-state index contributed by atoms with van der Waals surface area (Å²) in [6.45, 7) is 2.98. The summed E-state index contributed by atoms with van der Waals surface area (Å²) in [6.07, 6.45) is 19.1. The van der Waals surface area contributed by atoms with E-state index in [1.807, 2.05) is 36.4 Å². The van der Waals surface area contributed by atoms with Crippen LogP contribution in [0.15, 0.2) is 65.0 Å². The lowest BCUT2D eigenvalue weighted by molar-refractivity contribution is 0.304. The minimum atomic E-state index is 0.0887. The Morgan fingerprint density at radius 3 is 2.06 bits per heavy atom. The third-order valence-corrected chi connectivity index (χ3v) is 6.36. The number of fused-ring (bicyclic) bond motifs is 1. The fraction of sp³-hybridized carbons (Fsp3) is 0.500. The molecule has 0 spiro atoms. The molecule has 5 nitrogen and oxygen atoms in total. The van der Waals surface area contributed by atoms with Gasteiger partial charge in [-0.2, -0.15) is 0 Å². The number of aromatic hydroxyl groups is 1. The average molecular weight is 476 g/mol. The van der Waals surface area contributed by atoms with E-state index in [-0.39, 0.29) is 5.75 Å². The molecule has 0 radical (unpaired) electrons. The molecule has 0 atom stereocenters. The van der Waals surface area contributed by atoms with Crippen LogP contribution >= 0.6 is 0 Å². The Morgan fingerprint density at radius 1 is 0.743 bits per heavy atom. The van der Waals surface area contributed by atoms with E-state index in [0.717, 1.165) is 22.9 Å². The van der Waals surface area contributed by atoms with Crippen LogP contribution < -0.4 is 4.74 Å². The zero-order valence-corrected chi connectivity index (χ0v) is 21.3. The molecule has 0 aliphatic heterocycles. The highest BCUT2D eigenvalue weighted by Gasteiger charge is 2.08. The van der Waals surface area contributed by atoms with E-state index in [2.05, 4.69) is 22.1 Å². The quantitative estimate of drug-likeness (QED) is 0.156. The van der Waals surface area contributed by atoms with E-state index in [0.29, 0.717) is 18.1 Å². The Balaban J connectivity index is 1.37.